The Morgan fingerprint density at radius 2 is 1.81 bits per heavy atom. The number of aliphatic carboxylic acids is 1. The summed E-state index contributed by atoms with van der Waals surface area (Å²) in [5.41, 5.74) is 6.07. The van der Waals surface area contributed by atoms with Gasteiger partial charge in [0.15, 0.2) is 0 Å². The van der Waals surface area contributed by atoms with Gasteiger partial charge in [0.2, 0.25) is 17.7 Å². The number of amides is 3. The fourth-order valence-corrected chi connectivity index (χ4v) is 3.33. The molecule has 31 heavy (non-hydrogen) atoms. The van der Waals surface area contributed by atoms with E-state index in [4.69, 9.17) is 5.73 Å². The van der Waals surface area contributed by atoms with Crippen molar-refractivity contribution in [2.45, 2.75) is 50.4 Å². The van der Waals surface area contributed by atoms with Gasteiger partial charge in [-0.15, -0.1) is 0 Å². The monoisotopic (exact) mass is 436 g/mol. The summed E-state index contributed by atoms with van der Waals surface area (Å²) in [6, 6.07) is 1.65. The zero-order valence-corrected chi connectivity index (χ0v) is 17.2. The normalized spacial score (nSPS) is 18.7. The summed E-state index contributed by atoms with van der Waals surface area (Å²) in [6.07, 6.45) is 0.827. The molecule has 0 bridgehead atoms. The second-order valence-corrected chi connectivity index (χ2v) is 7.49. The van der Waals surface area contributed by atoms with E-state index in [0.717, 1.165) is 0 Å². The summed E-state index contributed by atoms with van der Waals surface area (Å²) in [7, 11) is 0. The lowest BCUT2D eigenvalue weighted by Gasteiger charge is -2.29. The summed E-state index contributed by atoms with van der Waals surface area (Å²) >= 11 is 0. The molecule has 0 spiro atoms. The van der Waals surface area contributed by atoms with Crippen LogP contribution in [-0.2, 0) is 25.6 Å². The second-order valence-electron chi connectivity index (χ2n) is 7.49. The molecule has 1 heterocycles. The van der Waals surface area contributed by atoms with Gasteiger partial charge in [-0.1, -0.05) is 12.1 Å². The van der Waals surface area contributed by atoms with E-state index < -0.39 is 54.5 Å². The molecule has 1 aromatic carbocycles. The summed E-state index contributed by atoms with van der Waals surface area (Å²) < 4.78 is 0. The highest BCUT2D eigenvalue weighted by molar-refractivity contribution is 5.94. The number of carbonyl (C=O) groups excluding carboxylic acids is 3. The molecule has 1 aliphatic heterocycles. The van der Waals surface area contributed by atoms with E-state index in [2.05, 4.69) is 10.6 Å². The van der Waals surface area contributed by atoms with Gasteiger partial charge in [-0.25, -0.2) is 4.79 Å². The number of aliphatic hydroxyl groups excluding tert-OH is 1. The van der Waals surface area contributed by atoms with Gasteiger partial charge in [0.25, 0.3) is 0 Å². The number of rotatable bonds is 9. The Balaban J connectivity index is 2.07. The maximum Gasteiger partial charge on any atom is 0.326 e. The number of carboxylic acids is 1. The van der Waals surface area contributed by atoms with Crippen LogP contribution in [0.3, 0.4) is 0 Å². The summed E-state index contributed by atoms with van der Waals surface area (Å²) in [4.78, 5) is 50.2. The minimum Gasteiger partial charge on any atom is -0.508 e. The molecule has 11 nitrogen and oxygen atoms in total. The van der Waals surface area contributed by atoms with Crippen LogP contribution >= 0.6 is 0 Å². The lowest BCUT2D eigenvalue weighted by atomic mass is 10.0. The van der Waals surface area contributed by atoms with Crippen molar-refractivity contribution in [1.29, 1.82) is 0 Å². The Kier molecular flexibility index (Phi) is 8.34. The molecule has 0 radical (unpaired) electrons. The molecule has 4 atom stereocenters. The first-order chi connectivity index (χ1) is 14.6. The zero-order chi connectivity index (χ0) is 23.1. The Bertz CT molecular complexity index is 812. The van der Waals surface area contributed by atoms with Gasteiger partial charge in [0.05, 0.1) is 12.6 Å². The van der Waals surface area contributed by atoms with Gasteiger partial charge < -0.3 is 36.6 Å². The van der Waals surface area contributed by atoms with Crippen LogP contribution in [0.25, 0.3) is 0 Å². The number of nitrogens with one attached hydrogen (secondary N) is 2. The lowest BCUT2D eigenvalue weighted by Crippen LogP contribution is -2.57. The molecule has 0 aromatic heterocycles. The number of nitrogens with zero attached hydrogens (tertiary/aromatic N) is 1. The average Bonchev–Trinajstić information content (AvgIpc) is 3.22. The highest BCUT2D eigenvalue weighted by atomic mass is 16.4. The van der Waals surface area contributed by atoms with E-state index in [0.29, 0.717) is 18.4 Å². The van der Waals surface area contributed by atoms with Crippen LogP contribution in [0.5, 0.6) is 5.75 Å². The third-order valence-corrected chi connectivity index (χ3v) is 5.04. The van der Waals surface area contributed by atoms with Crippen molar-refractivity contribution in [1.82, 2.24) is 15.5 Å². The summed E-state index contributed by atoms with van der Waals surface area (Å²) in [6.45, 7) is 0.998. The Morgan fingerprint density at radius 3 is 2.35 bits per heavy atom. The Hall–Kier alpha value is -3.18. The molecule has 7 N–H and O–H groups in total. The van der Waals surface area contributed by atoms with Crippen molar-refractivity contribution in [2.75, 3.05) is 13.2 Å². The number of likely N-dealkylation sites (tertiary alicyclic amines) is 1. The molecule has 1 aromatic rings. The molecule has 1 saturated heterocycles. The van der Waals surface area contributed by atoms with Crippen LogP contribution in [0.15, 0.2) is 24.3 Å². The Labute approximate surface area is 179 Å². The molecular formula is C20H28N4O7. The SMILES string of the molecule is CC(N)C(=O)NC(CO)C(=O)N1CCCC1C(=O)NC(Cc1ccc(O)cc1)C(=O)O. The fourth-order valence-electron chi connectivity index (χ4n) is 3.33. The van der Waals surface area contributed by atoms with E-state index in [1.807, 2.05) is 0 Å². The maximum atomic E-state index is 12.8. The van der Waals surface area contributed by atoms with Crippen LogP contribution < -0.4 is 16.4 Å². The van der Waals surface area contributed by atoms with Crippen LogP contribution in [-0.4, -0.2) is 81.2 Å². The number of aliphatic hydroxyl groups is 1. The van der Waals surface area contributed by atoms with E-state index in [-0.39, 0.29) is 18.7 Å². The van der Waals surface area contributed by atoms with Crippen molar-refractivity contribution in [3.8, 4) is 5.75 Å². The predicted molar refractivity (Wildman–Crippen MR) is 109 cm³/mol. The van der Waals surface area contributed by atoms with E-state index in [1.165, 1.54) is 24.0 Å². The second kappa shape index (κ2) is 10.7. The first kappa shape index (κ1) is 24.1. The summed E-state index contributed by atoms with van der Waals surface area (Å²) in [5, 5.41) is 33.2. The van der Waals surface area contributed by atoms with Crippen molar-refractivity contribution in [2.24, 2.45) is 5.73 Å². The third kappa shape index (κ3) is 6.40. The molecule has 0 aliphatic carbocycles. The summed E-state index contributed by atoms with van der Waals surface area (Å²) in [5.74, 6) is -3.09. The van der Waals surface area contributed by atoms with Gasteiger partial charge in [0, 0.05) is 13.0 Å². The van der Waals surface area contributed by atoms with Gasteiger partial charge >= 0.3 is 5.97 Å². The fraction of sp³-hybridized carbons (Fsp3) is 0.500. The van der Waals surface area contributed by atoms with Crippen LogP contribution in [0.1, 0.15) is 25.3 Å². The molecule has 3 amide bonds. The number of aromatic hydroxyl groups is 1. The maximum absolute atomic E-state index is 12.8. The van der Waals surface area contributed by atoms with Crippen LogP contribution in [0.4, 0.5) is 0 Å². The largest absolute Gasteiger partial charge is 0.508 e. The smallest absolute Gasteiger partial charge is 0.326 e. The minimum atomic E-state index is -1.25. The van der Waals surface area contributed by atoms with Gasteiger partial charge in [-0.05, 0) is 37.5 Å². The number of hydrogen-bond acceptors (Lipinski definition) is 7. The first-order valence-corrected chi connectivity index (χ1v) is 9.92. The minimum absolute atomic E-state index is 0.00820. The molecule has 11 heteroatoms. The molecular weight excluding hydrogens is 408 g/mol. The molecule has 1 fully saturated rings. The highest BCUT2D eigenvalue weighted by Crippen LogP contribution is 2.19. The van der Waals surface area contributed by atoms with Crippen LogP contribution in [0, 0.1) is 0 Å². The standard InChI is InChI=1S/C20H28N4O7/c1-11(21)17(27)23-15(10-25)19(29)24-8-2-3-16(24)18(28)22-14(20(30)31)9-12-4-6-13(26)7-5-12/h4-7,11,14-16,25-26H,2-3,8-10,21H2,1H3,(H,22,28)(H,23,27)(H,30,31). The highest BCUT2D eigenvalue weighted by Gasteiger charge is 2.38. The number of carbonyl (C=O) groups is 4. The van der Waals surface area contributed by atoms with E-state index >= 15 is 0 Å². The average molecular weight is 436 g/mol. The van der Waals surface area contributed by atoms with E-state index in [1.54, 1.807) is 12.1 Å². The number of benzene rings is 1. The third-order valence-electron chi connectivity index (χ3n) is 5.04. The molecule has 2 rings (SSSR count). The number of nitrogens with two attached hydrogens (primary N) is 1. The number of phenols is 1. The van der Waals surface area contributed by atoms with E-state index in [9.17, 15) is 34.5 Å². The number of carboxylic acid groups (broad SMARTS) is 1. The predicted octanol–water partition coefficient (Wildman–Crippen LogP) is -1.68. The number of phenolic OH excluding ortho intramolecular Hbond substituents is 1. The zero-order valence-electron chi connectivity index (χ0n) is 17.2. The van der Waals surface area contributed by atoms with Crippen molar-refractivity contribution in [3.63, 3.8) is 0 Å². The Morgan fingerprint density at radius 1 is 1.16 bits per heavy atom. The first-order valence-electron chi connectivity index (χ1n) is 9.92. The molecule has 1 aliphatic rings. The van der Waals surface area contributed by atoms with Crippen LogP contribution in [0.2, 0.25) is 0 Å². The van der Waals surface area contributed by atoms with Crippen molar-refractivity contribution in [3.05, 3.63) is 29.8 Å². The molecule has 0 saturated carbocycles. The van der Waals surface area contributed by atoms with Gasteiger partial charge in [-0.2, -0.15) is 0 Å². The van der Waals surface area contributed by atoms with Crippen molar-refractivity contribution < 1.29 is 34.5 Å². The molecule has 170 valence electrons. The van der Waals surface area contributed by atoms with Crippen molar-refractivity contribution >= 4 is 23.7 Å². The van der Waals surface area contributed by atoms with Gasteiger partial charge in [-0.3, -0.25) is 14.4 Å². The molecule has 4 unspecified atom stereocenters. The number of hydrogen-bond donors (Lipinski definition) is 6. The lowest BCUT2D eigenvalue weighted by molar-refractivity contribution is -0.145. The topological polar surface area (TPSA) is 182 Å². The van der Waals surface area contributed by atoms with Gasteiger partial charge in [0.1, 0.15) is 23.9 Å². The quantitative estimate of drug-likeness (QED) is 0.265.